The molecule has 0 spiro atoms. The first-order valence-electron chi connectivity index (χ1n) is 8.50. The summed E-state index contributed by atoms with van der Waals surface area (Å²) >= 11 is 0. The molecule has 3 nitrogen and oxygen atoms in total. The number of rotatable bonds is 4. The quantitative estimate of drug-likeness (QED) is 0.822. The van der Waals surface area contributed by atoms with Gasteiger partial charge in [0.1, 0.15) is 0 Å². The van der Waals surface area contributed by atoms with Crippen molar-refractivity contribution in [2.45, 2.75) is 101 Å². The van der Waals surface area contributed by atoms with Crippen molar-refractivity contribution in [3.05, 3.63) is 0 Å². The first-order chi connectivity index (χ1) is 9.33. The number of ether oxygens (including phenoxy) is 1. The van der Waals surface area contributed by atoms with Gasteiger partial charge in [-0.15, -0.1) is 0 Å². The van der Waals surface area contributed by atoms with Crippen LogP contribution < -0.4 is 11.1 Å². The van der Waals surface area contributed by atoms with Gasteiger partial charge in [-0.2, -0.15) is 0 Å². The third-order valence-electron chi connectivity index (χ3n) is 5.37. The van der Waals surface area contributed by atoms with E-state index in [1.807, 2.05) is 0 Å². The Morgan fingerprint density at radius 3 is 2.16 bits per heavy atom. The van der Waals surface area contributed by atoms with E-state index in [2.05, 4.69) is 5.32 Å². The van der Waals surface area contributed by atoms with Crippen LogP contribution in [0.4, 0.5) is 0 Å². The predicted molar refractivity (Wildman–Crippen MR) is 78.1 cm³/mol. The van der Waals surface area contributed by atoms with Crippen molar-refractivity contribution in [2.24, 2.45) is 5.73 Å². The topological polar surface area (TPSA) is 47.3 Å². The maximum Gasteiger partial charge on any atom is 0.0731 e. The average Bonchev–Trinajstić information content (AvgIpc) is 3.05. The van der Waals surface area contributed by atoms with E-state index >= 15 is 0 Å². The zero-order valence-electron chi connectivity index (χ0n) is 12.2. The molecule has 0 bridgehead atoms. The monoisotopic (exact) mass is 266 g/mol. The number of hydrogen-bond acceptors (Lipinski definition) is 3. The highest BCUT2D eigenvalue weighted by molar-refractivity contribution is 4.92. The molecule has 0 radical (unpaired) electrons. The Hall–Kier alpha value is -0.120. The van der Waals surface area contributed by atoms with E-state index in [1.165, 1.54) is 70.6 Å². The van der Waals surface area contributed by atoms with E-state index in [9.17, 15) is 0 Å². The summed E-state index contributed by atoms with van der Waals surface area (Å²) in [5.41, 5.74) is 6.20. The van der Waals surface area contributed by atoms with Crippen molar-refractivity contribution in [2.75, 3.05) is 0 Å². The fourth-order valence-electron chi connectivity index (χ4n) is 4.19. The molecule has 3 aliphatic carbocycles. The van der Waals surface area contributed by atoms with Gasteiger partial charge in [0, 0.05) is 18.1 Å². The van der Waals surface area contributed by atoms with Gasteiger partial charge in [0.2, 0.25) is 0 Å². The summed E-state index contributed by atoms with van der Waals surface area (Å²) in [4.78, 5) is 0. The molecule has 0 aromatic heterocycles. The average molecular weight is 266 g/mol. The van der Waals surface area contributed by atoms with Crippen LogP contribution in [0.3, 0.4) is 0 Å². The molecule has 0 unspecified atom stereocenters. The van der Waals surface area contributed by atoms with Crippen molar-refractivity contribution >= 4 is 0 Å². The van der Waals surface area contributed by atoms with E-state index in [0.717, 1.165) is 0 Å². The second-order valence-electron chi connectivity index (χ2n) is 6.84. The molecule has 0 heterocycles. The highest BCUT2D eigenvalue weighted by Gasteiger charge is 2.33. The van der Waals surface area contributed by atoms with E-state index in [1.54, 1.807) is 0 Å². The van der Waals surface area contributed by atoms with Crippen LogP contribution >= 0.6 is 0 Å². The molecule has 0 aromatic carbocycles. The predicted octanol–water partition coefficient (Wildman–Crippen LogP) is 2.73. The second-order valence-corrected chi connectivity index (χ2v) is 6.84. The van der Waals surface area contributed by atoms with Crippen LogP contribution in [-0.2, 0) is 4.74 Å². The van der Waals surface area contributed by atoms with Gasteiger partial charge in [-0.05, 0) is 38.5 Å². The molecule has 0 aliphatic heterocycles. The smallest absolute Gasteiger partial charge is 0.0731 e. The molecule has 4 atom stereocenters. The van der Waals surface area contributed by atoms with Crippen molar-refractivity contribution in [3.63, 3.8) is 0 Å². The van der Waals surface area contributed by atoms with E-state index in [-0.39, 0.29) is 0 Å². The molecule has 19 heavy (non-hydrogen) atoms. The molecule has 3 saturated carbocycles. The fraction of sp³-hybridized carbons (Fsp3) is 1.00. The Kier molecular flexibility index (Phi) is 4.78. The van der Waals surface area contributed by atoms with Gasteiger partial charge in [0.25, 0.3) is 0 Å². The molecular weight excluding hydrogens is 236 g/mol. The Morgan fingerprint density at radius 2 is 1.42 bits per heavy atom. The number of nitrogens with two attached hydrogens (primary N) is 1. The third kappa shape index (κ3) is 3.50. The van der Waals surface area contributed by atoms with Crippen LogP contribution in [-0.4, -0.2) is 30.3 Å². The molecule has 3 N–H and O–H groups in total. The SMILES string of the molecule is N[C@@H]1CCC[C@@H]1N[C@H]1CCCC[C@@H]1OC1CCCC1. The summed E-state index contributed by atoms with van der Waals surface area (Å²) in [6, 6.07) is 1.47. The van der Waals surface area contributed by atoms with Crippen LogP contribution in [0.25, 0.3) is 0 Å². The van der Waals surface area contributed by atoms with E-state index < -0.39 is 0 Å². The summed E-state index contributed by atoms with van der Waals surface area (Å²) in [5.74, 6) is 0. The second kappa shape index (κ2) is 6.55. The molecule has 0 saturated heterocycles. The third-order valence-corrected chi connectivity index (χ3v) is 5.37. The van der Waals surface area contributed by atoms with E-state index in [0.29, 0.717) is 30.3 Å². The normalized spacial score (nSPS) is 40.9. The van der Waals surface area contributed by atoms with Crippen LogP contribution in [0.5, 0.6) is 0 Å². The summed E-state index contributed by atoms with van der Waals surface area (Å²) in [7, 11) is 0. The van der Waals surface area contributed by atoms with Gasteiger partial charge in [-0.3, -0.25) is 0 Å². The lowest BCUT2D eigenvalue weighted by atomic mass is 9.91. The molecule has 3 fully saturated rings. The maximum absolute atomic E-state index is 6.41. The fourth-order valence-corrected chi connectivity index (χ4v) is 4.19. The minimum Gasteiger partial charge on any atom is -0.373 e. The van der Waals surface area contributed by atoms with Crippen LogP contribution in [0.1, 0.15) is 70.6 Å². The minimum atomic E-state index is 0.369. The van der Waals surface area contributed by atoms with Crippen molar-refractivity contribution < 1.29 is 4.74 Å². The first kappa shape index (κ1) is 13.8. The van der Waals surface area contributed by atoms with Gasteiger partial charge in [-0.25, -0.2) is 0 Å². The van der Waals surface area contributed by atoms with Gasteiger partial charge in [0.15, 0.2) is 0 Å². The molecule has 3 heteroatoms. The van der Waals surface area contributed by atoms with Crippen LogP contribution in [0, 0.1) is 0 Å². The lowest BCUT2D eigenvalue weighted by Gasteiger charge is -2.36. The molecule has 0 amide bonds. The van der Waals surface area contributed by atoms with Gasteiger partial charge in [0.05, 0.1) is 12.2 Å². The van der Waals surface area contributed by atoms with Crippen LogP contribution in [0.15, 0.2) is 0 Å². The molecule has 110 valence electrons. The summed E-state index contributed by atoms with van der Waals surface area (Å²) in [6.07, 6.45) is 15.2. The lowest BCUT2D eigenvalue weighted by molar-refractivity contribution is -0.0455. The largest absolute Gasteiger partial charge is 0.373 e. The van der Waals surface area contributed by atoms with Crippen molar-refractivity contribution in [3.8, 4) is 0 Å². The van der Waals surface area contributed by atoms with Crippen molar-refractivity contribution in [1.82, 2.24) is 5.32 Å². The van der Waals surface area contributed by atoms with Gasteiger partial charge in [-0.1, -0.05) is 32.1 Å². The lowest BCUT2D eigenvalue weighted by Crippen LogP contribution is -2.52. The summed E-state index contributed by atoms with van der Waals surface area (Å²) < 4.78 is 6.41. The zero-order valence-corrected chi connectivity index (χ0v) is 12.2. The van der Waals surface area contributed by atoms with E-state index in [4.69, 9.17) is 10.5 Å². The Bertz CT molecular complexity index is 278. The molecule has 3 rings (SSSR count). The summed E-state index contributed by atoms with van der Waals surface area (Å²) in [5, 5.41) is 3.84. The number of hydrogen-bond donors (Lipinski definition) is 2. The van der Waals surface area contributed by atoms with Gasteiger partial charge >= 0.3 is 0 Å². The highest BCUT2D eigenvalue weighted by Crippen LogP contribution is 2.29. The molecule has 3 aliphatic rings. The first-order valence-corrected chi connectivity index (χ1v) is 8.50. The Balaban J connectivity index is 1.53. The number of nitrogens with one attached hydrogen (secondary N) is 1. The standard InChI is InChI=1S/C16H30N2O/c17-13-8-5-10-14(13)18-15-9-3-4-11-16(15)19-12-6-1-2-7-12/h12-16,18H,1-11,17H2/t13-,14+,15+,16+/m1/s1. The maximum atomic E-state index is 6.41. The van der Waals surface area contributed by atoms with Gasteiger partial charge < -0.3 is 15.8 Å². The zero-order chi connectivity index (χ0) is 13.1. The minimum absolute atomic E-state index is 0.369. The Morgan fingerprint density at radius 1 is 0.737 bits per heavy atom. The molecular formula is C16H30N2O. The summed E-state index contributed by atoms with van der Waals surface area (Å²) in [6.45, 7) is 0. The Labute approximate surface area is 117 Å². The van der Waals surface area contributed by atoms with Crippen LogP contribution in [0.2, 0.25) is 0 Å². The molecule has 0 aromatic rings. The highest BCUT2D eigenvalue weighted by atomic mass is 16.5. The van der Waals surface area contributed by atoms with Crippen molar-refractivity contribution in [1.29, 1.82) is 0 Å².